The van der Waals surface area contributed by atoms with E-state index < -0.39 is 6.29 Å². The number of nitrogens with one attached hydrogen (secondary N) is 4. The Morgan fingerprint density at radius 2 is 1.94 bits per heavy atom. The topological polar surface area (TPSA) is 110 Å². The summed E-state index contributed by atoms with van der Waals surface area (Å²) < 4.78 is 5.00. The Balaban J connectivity index is 1.34. The van der Waals surface area contributed by atoms with E-state index >= 15 is 0 Å². The van der Waals surface area contributed by atoms with Crippen LogP contribution < -0.4 is 26.6 Å². The third-order valence-electron chi connectivity index (χ3n) is 5.48. The molecule has 0 bridgehead atoms. The normalized spacial score (nSPS) is 25.9. The molecule has 3 heterocycles. The van der Waals surface area contributed by atoms with E-state index in [1.807, 2.05) is 35.3 Å². The number of amides is 1. The number of anilines is 1. The number of ether oxygens (including phenoxy) is 1. The first-order chi connectivity index (χ1) is 15.2. The zero-order chi connectivity index (χ0) is 21.4. The summed E-state index contributed by atoms with van der Waals surface area (Å²) in [5.41, 5.74) is 11.4. The first kappa shape index (κ1) is 19.5. The van der Waals surface area contributed by atoms with E-state index in [0.717, 1.165) is 5.69 Å². The van der Waals surface area contributed by atoms with Crippen LogP contribution in [0.3, 0.4) is 0 Å². The van der Waals surface area contributed by atoms with Crippen molar-refractivity contribution in [3.63, 3.8) is 0 Å². The number of guanidine groups is 1. The van der Waals surface area contributed by atoms with Gasteiger partial charge in [0.15, 0.2) is 6.29 Å². The quantitative estimate of drug-likeness (QED) is 0.533. The molecule has 3 unspecified atom stereocenters. The van der Waals surface area contributed by atoms with Gasteiger partial charge in [0.2, 0.25) is 11.9 Å². The van der Waals surface area contributed by atoms with Gasteiger partial charge in [-0.05, 0) is 43.3 Å². The number of rotatable bonds is 4. The van der Waals surface area contributed by atoms with Gasteiger partial charge in [-0.3, -0.25) is 20.5 Å². The van der Waals surface area contributed by atoms with Crippen LogP contribution in [0.5, 0.6) is 0 Å². The number of benzene rings is 2. The number of nitrogens with zero attached hydrogens (tertiary/aromatic N) is 3. The number of hydrazine groups is 2. The molecule has 160 valence electrons. The van der Waals surface area contributed by atoms with E-state index in [4.69, 9.17) is 4.74 Å². The maximum absolute atomic E-state index is 13.3. The molecular weight excluding hydrogens is 398 g/mol. The highest BCUT2D eigenvalue weighted by atomic mass is 16.5. The highest BCUT2D eigenvalue weighted by Gasteiger charge is 2.51. The number of carbonyl (C=O) groups excluding carboxylic acids is 2. The maximum atomic E-state index is 13.3. The lowest BCUT2D eigenvalue weighted by Gasteiger charge is -2.38. The van der Waals surface area contributed by atoms with Crippen LogP contribution in [-0.2, 0) is 9.53 Å². The number of fused-ring (bicyclic) bond motifs is 2. The molecule has 10 heteroatoms. The Labute approximate surface area is 179 Å². The molecule has 3 atom stereocenters. The van der Waals surface area contributed by atoms with Gasteiger partial charge in [0, 0.05) is 6.54 Å². The fourth-order valence-corrected chi connectivity index (χ4v) is 4.00. The van der Waals surface area contributed by atoms with E-state index in [2.05, 4.69) is 26.6 Å². The summed E-state index contributed by atoms with van der Waals surface area (Å²) in [6.07, 6.45) is -0.619. The van der Waals surface area contributed by atoms with Crippen LogP contribution in [0.1, 0.15) is 17.3 Å². The summed E-state index contributed by atoms with van der Waals surface area (Å²) in [5.74, 6) is -0.266. The van der Waals surface area contributed by atoms with Crippen molar-refractivity contribution in [3.05, 3.63) is 60.2 Å². The summed E-state index contributed by atoms with van der Waals surface area (Å²) in [4.78, 5) is 31.2. The van der Waals surface area contributed by atoms with E-state index in [0.29, 0.717) is 30.4 Å². The molecule has 0 spiro atoms. The Morgan fingerprint density at radius 1 is 1.16 bits per heavy atom. The van der Waals surface area contributed by atoms with Crippen LogP contribution in [0.15, 0.2) is 59.6 Å². The summed E-state index contributed by atoms with van der Waals surface area (Å²) in [5, 5.41) is 5.45. The second kappa shape index (κ2) is 7.99. The predicted octanol–water partition coefficient (Wildman–Crippen LogP) is 0.641. The van der Waals surface area contributed by atoms with Crippen LogP contribution in [0.4, 0.5) is 11.4 Å². The van der Waals surface area contributed by atoms with Crippen LogP contribution in [-0.4, -0.2) is 48.3 Å². The molecule has 0 aliphatic carbocycles. The molecule has 10 nitrogen and oxygen atoms in total. The monoisotopic (exact) mass is 421 g/mol. The Hall–Kier alpha value is -3.47. The Bertz CT molecular complexity index is 1010. The molecule has 1 amide bonds. The molecule has 0 radical (unpaired) electrons. The van der Waals surface area contributed by atoms with Crippen molar-refractivity contribution in [2.45, 2.75) is 19.4 Å². The number of carbonyl (C=O) groups is 2. The van der Waals surface area contributed by atoms with Crippen molar-refractivity contribution < 1.29 is 14.3 Å². The van der Waals surface area contributed by atoms with Crippen molar-refractivity contribution in [2.75, 3.05) is 18.2 Å². The Morgan fingerprint density at radius 3 is 2.68 bits per heavy atom. The van der Waals surface area contributed by atoms with Crippen molar-refractivity contribution in [1.29, 1.82) is 0 Å². The average Bonchev–Trinajstić information content (AvgIpc) is 3.40. The molecule has 0 aromatic heterocycles. The van der Waals surface area contributed by atoms with E-state index in [1.54, 1.807) is 36.1 Å². The van der Waals surface area contributed by atoms with Crippen LogP contribution in [0.25, 0.3) is 0 Å². The lowest BCUT2D eigenvalue weighted by atomic mass is 10.0. The minimum absolute atomic E-state index is 0.0286. The molecule has 3 saturated heterocycles. The van der Waals surface area contributed by atoms with Crippen molar-refractivity contribution in [1.82, 2.24) is 26.5 Å². The number of aliphatic imine (C=N–C) groups is 1. The molecule has 4 N–H and O–H groups in total. The van der Waals surface area contributed by atoms with Gasteiger partial charge < -0.3 is 4.74 Å². The highest BCUT2D eigenvalue weighted by molar-refractivity contribution is 6.01. The van der Waals surface area contributed by atoms with Gasteiger partial charge in [-0.2, -0.15) is 5.43 Å². The average molecular weight is 421 g/mol. The van der Waals surface area contributed by atoms with E-state index in [9.17, 15) is 9.59 Å². The largest absolute Gasteiger partial charge is 0.462 e. The van der Waals surface area contributed by atoms with Gasteiger partial charge in [-0.15, -0.1) is 0 Å². The standard InChI is InChI=1S/C21H23N7O3/c1-2-31-19(30)13-8-10-14(11-9-13)23-20-25-26-21-24-17-16(18(29)27(20)21)12-22-28(17)15-6-4-3-5-7-15/h3-11,16-17,21-22,24,26H,2,12H2,1H3,(H,23,25). The Kier molecular flexibility index (Phi) is 5.02. The molecular formula is C21H23N7O3. The SMILES string of the molecule is CCOC(=O)c1ccc(N=C2NNC3NC4C(CNN4c4ccccc4)C(=O)N23)cc1. The van der Waals surface area contributed by atoms with Crippen LogP contribution in [0.2, 0.25) is 0 Å². The fraction of sp³-hybridized carbons (Fsp3) is 0.286. The fourth-order valence-electron chi connectivity index (χ4n) is 4.00. The zero-order valence-electron chi connectivity index (χ0n) is 16.9. The van der Waals surface area contributed by atoms with Crippen molar-refractivity contribution in [3.8, 4) is 0 Å². The lowest BCUT2D eigenvalue weighted by Crippen LogP contribution is -2.66. The van der Waals surface area contributed by atoms with Crippen molar-refractivity contribution >= 4 is 29.2 Å². The van der Waals surface area contributed by atoms with Gasteiger partial charge in [0.25, 0.3) is 0 Å². The highest BCUT2D eigenvalue weighted by Crippen LogP contribution is 2.29. The first-order valence-electron chi connectivity index (χ1n) is 10.2. The zero-order valence-corrected chi connectivity index (χ0v) is 16.9. The minimum atomic E-state index is -0.433. The molecule has 2 aromatic carbocycles. The summed E-state index contributed by atoms with van der Waals surface area (Å²) in [7, 11) is 0. The lowest BCUT2D eigenvalue weighted by molar-refractivity contribution is -0.137. The van der Waals surface area contributed by atoms with E-state index in [-0.39, 0.29) is 24.0 Å². The van der Waals surface area contributed by atoms with Crippen LogP contribution >= 0.6 is 0 Å². The molecule has 0 saturated carbocycles. The smallest absolute Gasteiger partial charge is 0.338 e. The molecule has 5 rings (SSSR count). The maximum Gasteiger partial charge on any atom is 0.338 e. The summed E-state index contributed by atoms with van der Waals surface area (Å²) >= 11 is 0. The molecule has 3 aliphatic rings. The second-order valence-corrected chi connectivity index (χ2v) is 7.37. The molecule has 31 heavy (non-hydrogen) atoms. The number of hydrogen-bond donors (Lipinski definition) is 4. The van der Waals surface area contributed by atoms with Crippen molar-refractivity contribution in [2.24, 2.45) is 10.9 Å². The number of para-hydroxylation sites is 1. The van der Waals surface area contributed by atoms with Gasteiger partial charge in [-0.25, -0.2) is 20.1 Å². The van der Waals surface area contributed by atoms with Gasteiger partial charge in [-0.1, -0.05) is 18.2 Å². The third kappa shape index (κ3) is 3.50. The van der Waals surface area contributed by atoms with Gasteiger partial charge in [0.05, 0.1) is 29.5 Å². The molecule has 3 fully saturated rings. The molecule has 3 aliphatic heterocycles. The first-order valence-corrected chi connectivity index (χ1v) is 10.2. The predicted molar refractivity (Wildman–Crippen MR) is 114 cm³/mol. The number of hydrogen-bond acceptors (Lipinski definition) is 8. The second-order valence-electron chi connectivity index (χ2n) is 7.37. The third-order valence-corrected chi connectivity index (χ3v) is 5.48. The van der Waals surface area contributed by atoms with Crippen LogP contribution in [0, 0.1) is 5.92 Å². The van der Waals surface area contributed by atoms with Gasteiger partial charge >= 0.3 is 5.97 Å². The van der Waals surface area contributed by atoms with E-state index in [1.165, 1.54) is 0 Å². The number of esters is 1. The summed E-state index contributed by atoms with van der Waals surface area (Å²) in [6.45, 7) is 2.61. The minimum Gasteiger partial charge on any atom is -0.462 e. The summed E-state index contributed by atoms with van der Waals surface area (Å²) in [6, 6.07) is 16.6. The van der Waals surface area contributed by atoms with Gasteiger partial charge in [0.1, 0.15) is 6.17 Å². The molecule has 2 aromatic rings.